The molecule has 0 unspecified atom stereocenters. The minimum Gasteiger partial charge on any atom is -0.295 e. The average molecular weight is 340 g/mol. The van der Waals surface area contributed by atoms with Crippen LogP contribution in [0.4, 0.5) is 5.82 Å². The van der Waals surface area contributed by atoms with Gasteiger partial charge in [0, 0.05) is 23.6 Å². The van der Waals surface area contributed by atoms with E-state index in [1.54, 1.807) is 25.5 Å². The molecule has 2 aromatic rings. The van der Waals surface area contributed by atoms with Crippen LogP contribution < -0.4 is 4.90 Å². The molecule has 2 rings (SSSR count). The maximum atomic E-state index is 12.3. The van der Waals surface area contributed by atoms with Crippen LogP contribution >= 0.6 is 27.3 Å². The standard InChI is InChI=1S/C13H14BrN3OS/c1-8(2)12-16-7-10(19-12)13(18)17(3)11-5-4-9(14)6-15-11/h4-8H,1-3H3. The Kier molecular flexibility index (Phi) is 4.31. The fraction of sp³-hybridized carbons (Fsp3) is 0.308. The van der Waals surface area contributed by atoms with E-state index in [0.717, 1.165) is 9.48 Å². The molecule has 0 aliphatic rings. The van der Waals surface area contributed by atoms with Crippen molar-refractivity contribution >= 4 is 39.0 Å². The predicted molar refractivity (Wildman–Crippen MR) is 80.9 cm³/mol. The first-order valence-corrected chi connectivity index (χ1v) is 7.45. The van der Waals surface area contributed by atoms with Crippen LogP contribution in [-0.4, -0.2) is 22.9 Å². The number of carbonyl (C=O) groups is 1. The molecule has 0 fully saturated rings. The van der Waals surface area contributed by atoms with Crippen molar-refractivity contribution < 1.29 is 4.79 Å². The van der Waals surface area contributed by atoms with Crippen LogP contribution in [0.25, 0.3) is 0 Å². The molecule has 4 nitrogen and oxygen atoms in total. The van der Waals surface area contributed by atoms with Gasteiger partial charge in [-0.05, 0) is 28.1 Å². The van der Waals surface area contributed by atoms with Crippen molar-refractivity contribution in [2.75, 3.05) is 11.9 Å². The first-order chi connectivity index (χ1) is 8.99. The highest BCUT2D eigenvalue weighted by Crippen LogP contribution is 2.23. The summed E-state index contributed by atoms with van der Waals surface area (Å²) in [7, 11) is 1.72. The van der Waals surface area contributed by atoms with Gasteiger partial charge in [0.25, 0.3) is 5.91 Å². The van der Waals surface area contributed by atoms with Crippen molar-refractivity contribution in [3.05, 3.63) is 38.9 Å². The number of hydrogen-bond acceptors (Lipinski definition) is 4. The van der Waals surface area contributed by atoms with Gasteiger partial charge in [0.15, 0.2) is 0 Å². The molecule has 2 aromatic heterocycles. The largest absolute Gasteiger partial charge is 0.295 e. The Morgan fingerprint density at radius 1 is 1.32 bits per heavy atom. The van der Waals surface area contributed by atoms with E-state index in [-0.39, 0.29) is 5.91 Å². The van der Waals surface area contributed by atoms with E-state index in [1.165, 1.54) is 16.2 Å². The summed E-state index contributed by atoms with van der Waals surface area (Å²) in [6.45, 7) is 4.13. The third kappa shape index (κ3) is 3.19. The molecule has 0 aliphatic heterocycles. The summed E-state index contributed by atoms with van der Waals surface area (Å²) in [5.74, 6) is 0.870. The highest BCUT2D eigenvalue weighted by atomic mass is 79.9. The number of aromatic nitrogens is 2. The van der Waals surface area contributed by atoms with Crippen LogP contribution in [0.1, 0.15) is 34.4 Å². The quantitative estimate of drug-likeness (QED) is 0.856. The molecule has 0 aromatic carbocycles. The number of pyridine rings is 1. The van der Waals surface area contributed by atoms with Gasteiger partial charge in [0.1, 0.15) is 10.7 Å². The van der Waals surface area contributed by atoms with E-state index in [9.17, 15) is 4.79 Å². The van der Waals surface area contributed by atoms with Gasteiger partial charge in [-0.2, -0.15) is 0 Å². The number of rotatable bonds is 3. The summed E-state index contributed by atoms with van der Waals surface area (Å²) in [6.07, 6.45) is 3.31. The molecule has 0 radical (unpaired) electrons. The van der Waals surface area contributed by atoms with Crippen molar-refractivity contribution in [2.45, 2.75) is 19.8 Å². The lowest BCUT2D eigenvalue weighted by Crippen LogP contribution is -2.26. The van der Waals surface area contributed by atoms with Crippen LogP contribution in [0.5, 0.6) is 0 Å². The molecule has 0 saturated carbocycles. The molecule has 1 amide bonds. The molecule has 19 heavy (non-hydrogen) atoms. The SMILES string of the molecule is CC(C)c1ncc(C(=O)N(C)c2ccc(Br)cn2)s1. The van der Waals surface area contributed by atoms with Crippen molar-refractivity contribution in [3.8, 4) is 0 Å². The summed E-state index contributed by atoms with van der Waals surface area (Å²) < 4.78 is 0.886. The highest BCUT2D eigenvalue weighted by Gasteiger charge is 2.18. The number of thiazole rings is 1. The van der Waals surface area contributed by atoms with Gasteiger partial charge in [-0.25, -0.2) is 9.97 Å². The zero-order valence-corrected chi connectivity index (χ0v) is 13.3. The Bertz CT molecular complexity index is 580. The summed E-state index contributed by atoms with van der Waals surface area (Å²) in [4.78, 5) is 23.0. The van der Waals surface area contributed by atoms with Crippen LogP contribution in [0.3, 0.4) is 0 Å². The summed E-state index contributed by atoms with van der Waals surface area (Å²) in [5, 5.41) is 0.973. The van der Waals surface area contributed by atoms with Gasteiger partial charge in [0.05, 0.1) is 11.2 Å². The molecule has 0 N–H and O–H groups in total. The van der Waals surface area contributed by atoms with Crippen LogP contribution in [0.2, 0.25) is 0 Å². The summed E-state index contributed by atoms with van der Waals surface area (Å²) in [6, 6.07) is 3.66. The number of hydrogen-bond donors (Lipinski definition) is 0. The highest BCUT2D eigenvalue weighted by molar-refractivity contribution is 9.10. The molecule has 100 valence electrons. The predicted octanol–water partition coefficient (Wildman–Crippen LogP) is 3.70. The Balaban J connectivity index is 2.20. The maximum absolute atomic E-state index is 12.3. The number of nitrogens with zero attached hydrogens (tertiary/aromatic N) is 3. The van der Waals surface area contributed by atoms with Gasteiger partial charge in [-0.3, -0.25) is 9.69 Å². The van der Waals surface area contributed by atoms with Gasteiger partial charge < -0.3 is 0 Å². The number of amides is 1. The van der Waals surface area contributed by atoms with E-state index >= 15 is 0 Å². The lowest BCUT2D eigenvalue weighted by atomic mass is 10.2. The molecular formula is C13H14BrN3OS. The second-order valence-electron chi connectivity index (χ2n) is 4.42. The van der Waals surface area contributed by atoms with Crippen LogP contribution in [0, 0.1) is 0 Å². The second kappa shape index (κ2) is 5.79. The molecule has 0 bridgehead atoms. The second-order valence-corrected chi connectivity index (χ2v) is 6.39. The molecule has 0 saturated heterocycles. The number of carbonyl (C=O) groups excluding carboxylic acids is 1. The van der Waals surface area contributed by atoms with Gasteiger partial charge >= 0.3 is 0 Å². The van der Waals surface area contributed by atoms with E-state index in [2.05, 4.69) is 39.7 Å². The lowest BCUT2D eigenvalue weighted by molar-refractivity contribution is 0.0996. The third-order valence-electron chi connectivity index (χ3n) is 2.59. The average Bonchev–Trinajstić information content (AvgIpc) is 2.87. The van der Waals surface area contributed by atoms with Crippen molar-refractivity contribution in [1.82, 2.24) is 9.97 Å². The molecule has 6 heteroatoms. The topological polar surface area (TPSA) is 46.1 Å². The molecule has 0 atom stereocenters. The van der Waals surface area contributed by atoms with Crippen LogP contribution in [-0.2, 0) is 0 Å². The smallest absolute Gasteiger partial charge is 0.270 e. The number of halogens is 1. The molecular weight excluding hydrogens is 326 g/mol. The summed E-state index contributed by atoms with van der Waals surface area (Å²) in [5.41, 5.74) is 0. The number of anilines is 1. The Morgan fingerprint density at radius 2 is 2.05 bits per heavy atom. The van der Waals surface area contributed by atoms with Gasteiger partial charge in [-0.1, -0.05) is 13.8 Å². The van der Waals surface area contributed by atoms with Gasteiger partial charge in [0.2, 0.25) is 0 Å². The fourth-order valence-corrected chi connectivity index (χ4v) is 2.62. The first-order valence-electron chi connectivity index (χ1n) is 5.84. The van der Waals surface area contributed by atoms with Crippen molar-refractivity contribution in [2.24, 2.45) is 0 Å². The van der Waals surface area contributed by atoms with Gasteiger partial charge in [-0.15, -0.1) is 11.3 Å². The normalized spacial score (nSPS) is 10.8. The zero-order chi connectivity index (χ0) is 14.0. The Labute approximate surface area is 124 Å². The van der Waals surface area contributed by atoms with E-state index < -0.39 is 0 Å². The van der Waals surface area contributed by atoms with Crippen molar-refractivity contribution in [1.29, 1.82) is 0 Å². The fourth-order valence-electron chi connectivity index (χ4n) is 1.49. The van der Waals surface area contributed by atoms with Crippen LogP contribution in [0.15, 0.2) is 29.0 Å². The minimum atomic E-state index is -0.0841. The molecule has 0 aliphatic carbocycles. The van der Waals surface area contributed by atoms with E-state index in [4.69, 9.17) is 0 Å². The first kappa shape index (κ1) is 14.1. The summed E-state index contributed by atoms with van der Waals surface area (Å²) >= 11 is 4.76. The lowest BCUT2D eigenvalue weighted by Gasteiger charge is -2.14. The van der Waals surface area contributed by atoms with Crippen molar-refractivity contribution in [3.63, 3.8) is 0 Å². The minimum absolute atomic E-state index is 0.0841. The molecule has 0 spiro atoms. The monoisotopic (exact) mass is 339 g/mol. The Hall–Kier alpha value is -1.27. The third-order valence-corrected chi connectivity index (χ3v) is 4.34. The zero-order valence-electron chi connectivity index (χ0n) is 10.9. The Morgan fingerprint density at radius 3 is 2.58 bits per heavy atom. The molecule has 2 heterocycles. The maximum Gasteiger partial charge on any atom is 0.270 e. The van der Waals surface area contributed by atoms with E-state index in [0.29, 0.717) is 16.6 Å². The van der Waals surface area contributed by atoms with E-state index in [1.807, 2.05) is 6.07 Å².